The van der Waals surface area contributed by atoms with E-state index < -0.39 is 0 Å². The van der Waals surface area contributed by atoms with Crippen LogP contribution in [0, 0.1) is 6.92 Å². The van der Waals surface area contributed by atoms with E-state index in [-0.39, 0.29) is 0 Å². The summed E-state index contributed by atoms with van der Waals surface area (Å²) in [5.74, 6) is 2.34. The molecule has 1 N–H and O–H groups in total. The summed E-state index contributed by atoms with van der Waals surface area (Å²) in [6, 6.07) is 0.530. The molecule has 19 heavy (non-hydrogen) atoms. The summed E-state index contributed by atoms with van der Waals surface area (Å²) < 4.78 is 3.30. The van der Waals surface area contributed by atoms with Gasteiger partial charge in [0.2, 0.25) is 0 Å². The SMILES string of the molecule is CCCNC(CSCC)Cc1c(Br)c(C)nn1CC. The first kappa shape index (κ1) is 17.1. The molecule has 0 radical (unpaired) electrons. The quantitative estimate of drug-likeness (QED) is 0.739. The fourth-order valence-electron chi connectivity index (χ4n) is 2.10. The van der Waals surface area contributed by atoms with Crippen molar-refractivity contribution in [2.75, 3.05) is 18.1 Å². The van der Waals surface area contributed by atoms with Crippen molar-refractivity contribution in [3.63, 3.8) is 0 Å². The lowest BCUT2D eigenvalue weighted by Crippen LogP contribution is -2.35. The first-order chi connectivity index (χ1) is 9.13. The van der Waals surface area contributed by atoms with Gasteiger partial charge < -0.3 is 5.32 Å². The van der Waals surface area contributed by atoms with Crippen LogP contribution >= 0.6 is 27.7 Å². The van der Waals surface area contributed by atoms with Gasteiger partial charge in [-0.3, -0.25) is 4.68 Å². The van der Waals surface area contributed by atoms with Crippen LogP contribution in [0.2, 0.25) is 0 Å². The maximum atomic E-state index is 4.58. The highest BCUT2D eigenvalue weighted by atomic mass is 79.9. The van der Waals surface area contributed by atoms with Crippen molar-refractivity contribution in [2.24, 2.45) is 0 Å². The molecule has 0 saturated carbocycles. The van der Waals surface area contributed by atoms with Crippen molar-refractivity contribution in [1.29, 1.82) is 0 Å². The van der Waals surface area contributed by atoms with Crippen molar-refractivity contribution in [3.8, 4) is 0 Å². The molecule has 1 heterocycles. The summed E-state index contributed by atoms with van der Waals surface area (Å²) in [5, 5.41) is 8.24. The normalized spacial score (nSPS) is 12.9. The zero-order chi connectivity index (χ0) is 14.3. The summed E-state index contributed by atoms with van der Waals surface area (Å²) in [4.78, 5) is 0. The number of aromatic nitrogens is 2. The second-order valence-electron chi connectivity index (χ2n) is 4.68. The Morgan fingerprint density at radius 1 is 1.37 bits per heavy atom. The zero-order valence-corrected chi connectivity index (χ0v) is 14.9. The van der Waals surface area contributed by atoms with Gasteiger partial charge in [-0.15, -0.1) is 0 Å². The summed E-state index contributed by atoms with van der Waals surface area (Å²) in [6.45, 7) is 10.7. The lowest BCUT2D eigenvalue weighted by atomic mass is 10.1. The Balaban J connectivity index is 2.76. The van der Waals surface area contributed by atoms with E-state index in [0.717, 1.165) is 31.0 Å². The molecule has 0 saturated heterocycles. The fourth-order valence-corrected chi connectivity index (χ4v) is 3.30. The third-order valence-electron chi connectivity index (χ3n) is 3.10. The van der Waals surface area contributed by atoms with Crippen molar-refractivity contribution in [3.05, 3.63) is 15.9 Å². The molecule has 1 aromatic rings. The van der Waals surface area contributed by atoms with E-state index in [1.165, 1.54) is 22.3 Å². The number of nitrogens with one attached hydrogen (secondary N) is 1. The molecule has 3 nitrogen and oxygen atoms in total. The van der Waals surface area contributed by atoms with E-state index in [9.17, 15) is 0 Å². The van der Waals surface area contributed by atoms with Gasteiger partial charge in [0.05, 0.1) is 15.9 Å². The van der Waals surface area contributed by atoms with Crippen LogP contribution in [0.5, 0.6) is 0 Å². The van der Waals surface area contributed by atoms with E-state index >= 15 is 0 Å². The Morgan fingerprint density at radius 3 is 2.68 bits per heavy atom. The standard InChI is InChI=1S/C14H26BrN3S/c1-5-8-16-12(10-19-7-3)9-13-14(15)11(4)17-18(13)6-2/h12,16H,5-10H2,1-4H3. The third-order valence-corrected chi connectivity index (χ3v) is 5.18. The lowest BCUT2D eigenvalue weighted by Gasteiger charge is -2.19. The minimum atomic E-state index is 0.530. The Labute approximate surface area is 130 Å². The summed E-state index contributed by atoms with van der Waals surface area (Å²) in [7, 11) is 0. The van der Waals surface area contributed by atoms with Gasteiger partial charge in [-0.25, -0.2) is 0 Å². The number of hydrogen-bond acceptors (Lipinski definition) is 3. The molecule has 0 amide bonds. The van der Waals surface area contributed by atoms with Crippen LogP contribution in [0.25, 0.3) is 0 Å². The third kappa shape index (κ3) is 5.12. The van der Waals surface area contributed by atoms with E-state index in [2.05, 4.69) is 58.7 Å². The molecule has 0 spiro atoms. The average molecular weight is 348 g/mol. The topological polar surface area (TPSA) is 29.9 Å². The molecular formula is C14H26BrN3S. The molecule has 0 aliphatic heterocycles. The molecule has 1 rings (SSSR count). The van der Waals surface area contributed by atoms with Gasteiger partial charge in [-0.2, -0.15) is 16.9 Å². The monoisotopic (exact) mass is 347 g/mol. The molecular weight excluding hydrogens is 322 g/mol. The first-order valence-corrected chi connectivity index (χ1v) is 9.11. The molecule has 1 atom stereocenters. The van der Waals surface area contributed by atoms with Crippen LogP contribution in [0.1, 0.15) is 38.6 Å². The molecule has 0 aliphatic carbocycles. The van der Waals surface area contributed by atoms with Crippen molar-refractivity contribution < 1.29 is 0 Å². The molecule has 110 valence electrons. The van der Waals surface area contributed by atoms with Crippen LogP contribution in [-0.4, -0.2) is 33.9 Å². The number of rotatable bonds is 9. The summed E-state index contributed by atoms with van der Waals surface area (Å²) >= 11 is 5.69. The zero-order valence-electron chi connectivity index (χ0n) is 12.5. The summed E-state index contributed by atoms with van der Waals surface area (Å²) in [6.07, 6.45) is 2.22. The predicted octanol–water partition coefficient (Wildman–Crippen LogP) is 3.64. The Hall–Kier alpha value is 0. The van der Waals surface area contributed by atoms with Gasteiger partial charge in [0.25, 0.3) is 0 Å². The number of aryl methyl sites for hydroxylation is 2. The number of halogens is 1. The molecule has 0 bridgehead atoms. The second kappa shape index (κ2) is 9.03. The van der Waals surface area contributed by atoms with E-state index in [1.54, 1.807) is 0 Å². The maximum Gasteiger partial charge on any atom is 0.0738 e. The minimum absolute atomic E-state index is 0.530. The maximum absolute atomic E-state index is 4.58. The van der Waals surface area contributed by atoms with Crippen molar-refractivity contribution in [1.82, 2.24) is 15.1 Å². The van der Waals surface area contributed by atoms with E-state index in [0.29, 0.717) is 6.04 Å². The smallest absolute Gasteiger partial charge is 0.0738 e. The van der Waals surface area contributed by atoms with Crippen LogP contribution in [-0.2, 0) is 13.0 Å². The van der Waals surface area contributed by atoms with Gasteiger partial charge >= 0.3 is 0 Å². The van der Waals surface area contributed by atoms with Gasteiger partial charge in [-0.1, -0.05) is 13.8 Å². The number of nitrogens with zero attached hydrogens (tertiary/aromatic N) is 2. The Morgan fingerprint density at radius 2 is 2.11 bits per heavy atom. The minimum Gasteiger partial charge on any atom is -0.313 e. The molecule has 5 heteroatoms. The van der Waals surface area contributed by atoms with Gasteiger partial charge in [0.15, 0.2) is 0 Å². The molecule has 0 aromatic carbocycles. The molecule has 1 unspecified atom stereocenters. The first-order valence-electron chi connectivity index (χ1n) is 7.16. The van der Waals surface area contributed by atoms with E-state index in [1.807, 2.05) is 11.8 Å². The average Bonchev–Trinajstić information content (AvgIpc) is 2.69. The molecule has 1 aromatic heterocycles. The number of hydrogen-bond donors (Lipinski definition) is 1. The van der Waals surface area contributed by atoms with E-state index in [4.69, 9.17) is 0 Å². The van der Waals surface area contributed by atoms with Gasteiger partial charge in [0.1, 0.15) is 0 Å². The van der Waals surface area contributed by atoms with Crippen LogP contribution in [0.4, 0.5) is 0 Å². The Bertz CT molecular complexity index is 371. The summed E-state index contributed by atoms with van der Waals surface area (Å²) in [5.41, 5.74) is 2.42. The van der Waals surface area contributed by atoms with Gasteiger partial charge in [0, 0.05) is 24.8 Å². The van der Waals surface area contributed by atoms with Crippen molar-refractivity contribution in [2.45, 2.75) is 53.1 Å². The van der Waals surface area contributed by atoms with Crippen LogP contribution < -0.4 is 5.32 Å². The molecule has 0 fully saturated rings. The van der Waals surface area contributed by atoms with Crippen LogP contribution in [0.15, 0.2) is 4.47 Å². The fraction of sp³-hybridized carbons (Fsp3) is 0.786. The molecule has 0 aliphatic rings. The predicted molar refractivity (Wildman–Crippen MR) is 89.1 cm³/mol. The Kier molecular flexibility index (Phi) is 8.11. The van der Waals surface area contributed by atoms with Crippen molar-refractivity contribution >= 4 is 27.7 Å². The highest BCUT2D eigenvalue weighted by Crippen LogP contribution is 2.23. The van der Waals surface area contributed by atoms with Gasteiger partial charge in [-0.05, 0) is 48.5 Å². The van der Waals surface area contributed by atoms with Crippen LogP contribution in [0.3, 0.4) is 0 Å². The highest BCUT2D eigenvalue weighted by molar-refractivity contribution is 9.10. The second-order valence-corrected chi connectivity index (χ2v) is 6.79. The lowest BCUT2D eigenvalue weighted by molar-refractivity contribution is 0.519. The number of thioether (sulfide) groups is 1. The largest absolute Gasteiger partial charge is 0.313 e. The highest BCUT2D eigenvalue weighted by Gasteiger charge is 2.17.